The second-order valence-corrected chi connectivity index (χ2v) is 13.2. The zero-order valence-electron chi connectivity index (χ0n) is 29.9. The fourth-order valence-corrected chi connectivity index (χ4v) is 6.51. The number of hydrazine groups is 1. The van der Waals surface area contributed by atoms with Gasteiger partial charge < -0.3 is 24.8 Å². The van der Waals surface area contributed by atoms with Crippen LogP contribution in [0.1, 0.15) is 49.4 Å². The van der Waals surface area contributed by atoms with Gasteiger partial charge >= 0.3 is 6.18 Å². The third-order valence-electron chi connectivity index (χ3n) is 9.63. The molecule has 0 atom stereocenters. The van der Waals surface area contributed by atoms with Crippen LogP contribution in [0.5, 0.6) is 5.75 Å². The van der Waals surface area contributed by atoms with E-state index in [4.69, 9.17) is 9.47 Å². The van der Waals surface area contributed by atoms with Crippen LogP contribution in [0.25, 0.3) is 11.3 Å². The van der Waals surface area contributed by atoms with Gasteiger partial charge in [-0.05, 0) is 44.2 Å². The van der Waals surface area contributed by atoms with E-state index >= 15 is 8.78 Å². The van der Waals surface area contributed by atoms with Gasteiger partial charge in [0.2, 0.25) is 5.82 Å². The van der Waals surface area contributed by atoms with Crippen LogP contribution >= 0.6 is 0 Å². The monoisotopic (exact) mass is 768 g/mol. The third-order valence-corrected chi connectivity index (χ3v) is 9.63. The fraction of sp³-hybridized carbons (Fsp3) is 0.444. The zero-order chi connectivity index (χ0) is 39.6. The maximum absolute atomic E-state index is 15.5. The number of nitrogens with zero attached hydrogens (tertiary/aromatic N) is 5. The maximum Gasteiger partial charge on any atom is 0.433 e. The van der Waals surface area contributed by atoms with Gasteiger partial charge in [-0.15, -0.1) is 0 Å². The lowest BCUT2D eigenvalue weighted by molar-refractivity contribution is -0.163. The van der Waals surface area contributed by atoms with E-state index < -0.39 is 75.9 Å². The standard InChI is InChI=1S/C36H39F7N6O5/c1-34(39,40)22-8-9-24(23(17-22)25-18-27(36(41,42)43)45-20-44-25)46-32(51)28-31(50)35(11-5-6-12-35)48(3)49(33(28)52)19-21-7-10-26(30(38)29(21)37)54-16-14-47(2)13-15-53-4/h7-10,17-18,20,50H,5-6,11-16,19H2,1-4H3,(H,46,51). The molecule has 2 heterocycles. The van der Waals surface area contributed by atoms with E-state index in [1.54, 1.807) is 14.2 Å². The molecular formula is C36H39F7N6O5. The summed E-state index contributed by atoms with van der Waals surface area (Å²) in [4.78, 5) is 36.9. The van der Waals surface area contributed by atoms with E-state index in [2.05, 4.69) is 15.3 Å². The highest BCUT2D eigenvalue weighted by molar-refractivity contribution is 6.24. The minimum atomic E-state index is -4.92. The van der Waals surface area contributed by atoms with Gasteiger partial charge in [-0.3, -0.25) is 14.6 Å². The van der Waals surface area contributed by atoms with Crippen LogP contribution in [0.3, 0.4) is 0 Å². The molecule has 0 unspecified atom stereocenters. The van der Waals surface area contributed by atoms with Crippen LogP contribution in [0.2, 0.25) is 0 Å². The number of carbonyl (C=O) groups excluding carboxylic acids is 2. The lowest BCUT2D eigenvalue weighted by atomic mass is 9.88. The van der Waals surface area contributed by atoms with Crippen molar-refractivity contribution in [3.05, 3.63) is 82.5 Å². The first kappa shape index (κ1) is 40.4. The Balaban J connectivity index is 1.47. The summed E-state index contributed by atoms with van der Waals surface area (Å²) in [6.45, 7) is 1.50. The number of benzene rings is 2. The predicted octanol–water partition coefficient (Wildman–Crippen LogP) is 6.46. The number of likely N-dealkylation sites (N-methyl/N-ethyl adjacent to an activating group) is 2. The van der Waals surface area contributed by atoms with E-state index in [1.807, 2.05) is 4.90 Å². The van der Waals surface area contributed by atoms with Gasteiger partial charge in [0.05, 0.1) is 30.1 Å². The van der Waals surface area contributed by atoms with Gasteiger partial charge in [0, 0.05) is 50.9 Å². The number of amides is 2. The van der Waals surface area contributed by atoms with Crippen molar-refractivity contribution in [2.24, 2.45) is 0 Å². The Hall–Kier alpha value is -4.81. The summed E-state index contributed by atoms with van der Waals surface area (Å²) in [5.74, 6) is -9.33. The Kier molecular flexibility index (Phi) is 11.9. The molecule has 292 valence electrons. The first-order valence-corrected chi connectivity index (χ1v) is 16.9. The first-order valence-electron chi connectivity index (χ1n) is 16.9. The summed E-state index contributed by atoms with van der Waals surface area (Å²) in [6.07, 6.45) is -2.64. The molecule has 11 nitrogen and oxygen atoms in total. The zero-order valence-corrected chi connectivity index (χ0v) is 29.9. The number of carbonyl (C=O) groups is 2. The second kappa shape index (κ2) is 15.9. The SMILES string of the molecule is COCCN(C)CCOc1ccc(CN2C(=O)C(C(=O)Nc3ccc(C(C)(F)F)cc3-c3cc(C(F)(F)F)ncn3)=C(O)C3(CCCC3)N2C)c(F)c1F. The molecule has 2 N–H and O–H groups in total. The number of aliphatic hydroxyl groups is 1. The smallest absolute Gasteiger partial charge is 0.433 e. The summed E-state index contributed by atoms with van der Waals surface area (Å²) >= 11 is 0. The molecule has 0 saturated heterocycles. The number of nitrogens with one attached hydrogen (secondary N) is 1. The fourth-order valence-electron chi connectivity index (χ4n) is 6.51. The van der Waals surface area contributed by atoms with Crippen molar-refractivity contribution in [1.82, 2.24) is 24.9 Å². The molecule has 2 aromatic carbocycles. The molecule has 3 aromatic rings. The Morgan fingerprint density at radius 2 is 1.70 bits per heavy atom. The van der Waals surface area contributed by atoms with E-state index in [0.717, 1.165) is 23.2 Å². The highest BCUT2D eigenvalue weighted by Crippen LogP contribution is 2.45. The van der Waals surface area contributed by atoms with E-state index in [1.165, 1.54) is 24.2 Å². The molecule has 1 aliphatic carbocycles. The average molecular weight is 769 g/mol. The summed E-state index contributed by atoms with van der Waals surface area (Å²) in [5.41, 5.74) is -5.48. The molecule has 1 fully saturated rings. The van der Waals surface area contributed by atoms with Crippen LogP contribution in [0.4, 0.5) is 36.4 Å². The molecule has 1 spiro atoms. The molecule has 0 bridgehead atoms. The summed E-state index contributed by atoms with van der Waals surface area (Å²) in [6, 6.07) is 5.75. The number of rotatable bonds is 13. The largest absolute Gasteiger partial charge is 0.509 e. The van der Waals surface area contributed by atoms with Crippen LogP contribution in [0.15, 0.2) is 54.1 Å². The van der Waals surface area contributed by atoms with Crippen molar-refractivity contribution in [3.8, 4) is 17.0 Å². The maximum atomic E-state index is 15.5. The predicted molar refractivity (Wildman–Crippen MR) is 181 cm³/mol. The van der Waals surface area contributed by atoms with Crippen molar-refractivity contribution in [2.45, 2.75) is 56.8 Å². The third kappa shape index (κ3) is 8.29. The minimum absolute atomic E-state index is 0.0420. The molecular weight excluding hydrogens is 729 g/mol. The molecule has 2 amide bonds. The van der Waals surface area contributed by atoms with Crippen molar-refractivity contribution < 1.29 is 54.9 Å². The molecule has 1 aliphatic heterocycles. The van der Waals surface area contributed by atoms with Crippen molar-refractivity contribution >= 4 is 17.5 Å². The summed E-state index contributed by atoms with van der Waals surface area (Å²) in [7, 11) is 4.83. The Morgan fingerprint density at radius 1 is 1.02 bits per heavy atom. The number of halogens is 7. The lowest BCUT2D eigenvalue weighted by Crippen LogP contribution is -2.62. The number of aromatic nitrogens is 2. The van der Waals surface area contributed by atoms with Crippen molar-refractivity contribution in [1.29, 1.82) is 0 Å². The van der Waals surface area contributed by atoms with Crippen LogP contribution in [-0.2, 0) is 33.0 Å². The molecule has 54 heavy (non-hydrogen) atoms. The molecule has 1 saturated carbocycles. The molecule has 1 aromatic heterocycles. The normalized spacial score (nSPS) is 16.5. The molecule has 18 heteroatoms. The van der Waals surface area contributed by atoms with Crippen LogP contribution in [0, 0.1) is 11.6 Å². The molecule has 0 radical (unpaired) electrons. The highest BCUT2D eigenvalue weighted by atomic mass is 19.4. The average Bonchev–Trinajstić information content (AvgIpc) is 3.62. The van der Waals surface area contributed by atoms with Crippen molar-refractivity contribution in [3.63, 3.8) is 0 Å². The molecule has 5 rings (SSSR count). The van der Waals surface area contributed by atoms with Gasteiger partial charge in [-0.1, -0.05) is 25.0 Å². The minimum Gasteiger partial charge on any atom is -0.509 e. The Labute approximate surface area is 306 Å². The number of hydrogen-bond donors (Lipinski definition) is 2. The van der Waals surface area contributed by atoms with E-state index in [0.29, 0.717) is 51.9 Å². The number of ether oxygens (including phenoxy) is 2. The number of hydrogen-bond acceptors (Lipinski definition) is 9. The van der Waals surface area contributed by atoms with Gasteiger partial charge in [-0.2, -0.15) is 17.6 Å². The second-order valence-electron chi connectivity index (χ2n) is 13.2. The highest BCUT2D eigenvalue weighted by Gasteiger charge is 2.53. The van der Waals surface area contributed by atoms with Crippen LogP contribution in [-0.4, -0.2) is 94.9 Å². The quantitative estimate of drug-likeness (QED) is 0.149. The van der Waals surface area contributed by atoms with E-state index in [9.17, 15) is 36.6 Å². The van der Waals surface area contributed by atoms with E-state index in [-0.39, 0.29) is 42.0 Å². The number of anilines is 1. The van der Waals surface area contributed by atoms with Gasteiger partial charge in [0.15, 0.2) is 11.6 Å². The first-order chi connectivity index (χ1) is 25.4. The number of aliphatic hydroxyl groups excluding tert-OH is 1. The number of methoxy groups -OCH3 is 1. The number of alkyl halides is 5. The van der Waals surface area contributed by atoms with Crippen molar-refractivity contribution in [2.75, 3.05) is 52.8 Å². The topological polar surface area (TPSA) is 120 Å². The van der Waals surface area contributed by atoms with Gasteiger partial charge in [0.1, 0.15) is 30.0 Å². The van der Waals surface area contributed by atoms with Crippen LogP contribution < -0.4 is 10.1 Å². The lowest BCUT2D eigenvalue weighted by Gasteiger charge is -2.48. The van der Waals surface area contributed by atoms with Gasteiger partial charge in [-0.25, -0.2) is 28.1 Å². The summed E-state index contributed by atoms with van der Waals surface area (Å²) < 4.78 is 111. The molecule has 2 aliphatic rings. The summed E-state index contributed by atoms with van der Waals surface area (Å²) in [5, 5.41) is 16.3. The Morgan fingerprint density at radius 3 is 2.35 bits per heavy atom. The Bertz CT molecular complexity index is 1910. The van der Waals surface area contributed by atoms with Gasteiger partial charge in [0.25, 0.3) is 17.7 Å².